The minimum absolute atomic E-state index is 0.0168. The predicted molar refractivity (Wildman–Crippen MR) is 55.0 cm³/mol. The van der Waals surface area contributed by atoms with Gasteiger partial charge in [-0.2, -0.15) is 0 Å². The van der Waals surface area contributed by atoms with E-state index >= 15 is 0 Å². The zero-order valence-corrected chi connectivity index (χ0v) is 8.01. The molecule has 0 radical (unpaired) electrons. The fourth-order valence-corrected chi connectivity index (χ4v) is 1.72. The van der Waals surface area contributed by atoms with Crippen molar-refractivity contribution in [3.8, 4) is 0 Å². The number of fused-ring (bicyclic) bond motifs is 1. The van der Waals surface area contributed by atoms with Crippen LogP contribution in [0.1, 0.15) is 10.4 Å². The lowest BCUT2D eigenvalue weighted by Crippen LogP contribution is -1.92. The molecule has 5 nitrogen and oxygen atoms in total. The number of aromatic nitrogens is 1. The number of rotatable bonds is 2. The second-order valence-electron chi connectivity index (χ2n) is 3.24. The molecule has 0 unspecified atom stereocenters. The number of nitro benzene ring substituents is 1. The number of para-hydroxylation sites is 1. The topological polar surface area (TPSA) is 65.1 Å². The number of hydrogen-bond donors (Lipinski definition) is 0. The molecule has 0 atom stereocenters. The second-order valence-corrected chi connectivity index (χ2v) is 3.24. The van der Waals surface area contributed by atoms with Gasteiger partial charge in [-0.1, -0.05) is 12.1 Å². The summed E-state index contributed by atoms with van der Waals surface area (Å²) in [5, 5.41) is 11.4. The summed E-state index contributed by atoms with van der Waals surface area (Å²) in [5.41, 5.74) is 0.962. The summed E-state index contributed by atoms with van der Waals surface area (Å²) in [6.45, 7) is 0. The fourth-order valence-electron chi connectivity index (χ4n) is 1.72. The smallest absolute Gasteiger partial charge is 0.293 e. The van der Waals surface area contributed by atoms with Crippen molar-refractivity contribution in [2.24, 2.45) is 7.05 Å². The summed E-state index contributed by atoms with van der Waals surface area (Å²) < 4.78 is 1.59. The molecule has 2 aromatic rings. The number of hydrogen-bond acceptors (Lipinski definition) is 3. The van der Waals surface area contributed by atoms with Crippen molar-refractivity contribution >= 4 is 22.9 Å². The van der Waals surface area contributed by atoms with Crippen molar-refractivity contribution in [2.45, 2.75) is 0 Å². The van der Waals surface area contributed by atoms with Gasteiger partial charge >= 0.3 is 0 Å². The largest absolute Gasteiger partial charge is 0.344 e. The van der Waals surface area contributed by atoms with Crippen LogP contribution in [0.15, 0.2) is 24.4 Å². The average molecular weight is 204 g/mol. The highest BCUT2D eigenvalue weighted by atomic mass is 16.6. The first-order chi connectivity index (χ1) is 7.15. The molecule has 1 heterocycles. The van der Waals surface area contributed by atoms with Crippen LogP contribution >= 0.6 is 0 Å². The van der Waals surface area contributed by atoms with Gasteiger partial charge in [-0.3, -0.25) is 14.9 Å². The van der Waals surface area contributed by atoms with Crippen LogP contribution in [0.4, 0.5) is 5.69 Å². The van der Waals surface area contributed by atoms with Crippen molar-refractivity contribution in [3.63, 3.8) is 0 Å². The molecular formula is C10H8N2O3. The second kappa shape index (κ2) is 3.20. The lowest BCUT2D eigenvalue weighted by molar-refractivity contribution is -0.383. The molecule has 0 saturated carbocycles. The Hall–Kier alpha value is -2.17. The van der Waals surface area contributed by atoms with Crippen molar-refractivity contribution < 1.29 is 9.72 Å². The molecule has 1 aromatic carbocycles. The maximum atomic E-state index is 10.8. The van der Waals surface area contributed by atoms with E-state index in [4.69, 9.17) is 0 Å². The number of nitrogens with zero attached hydrogens (tertiary/aromatic N) is 2. The third-order valence-corrected chi connectivity index (χ3v) is 2.33. The van der Waals surface area contributed by atoms with Crippen molar-refractivity contribution in [1.29, 1.82) is 0 Å². The quantitative estimate of drug-likeness (QED) is 0.426. The minimum atomic E-state index is -0.448. The maximum absolute atomic E-state index is 10.8. The molecule has 5 heteroatoms. The van der Waals surface area contributed by atoms with Gasteiger partial charge in [0.15, 0.2) is 6.29 Å². The maximum Gasteiger partial charge on any atom is 0.293 e. The zero-order chi connectivity index (χ0) is 11.0. The first-order valence-electron chi connectivity index (χ1n) is 4.32. The van der Waals surface area contributed by atoms with Gasteiger partial charge in [0, 0.05) is 30.3 Å². The van der Waals surface area contributed by atoms with E-state index in [1.807, 2.05) is 0 Å². The summed E-state index contributed by atoms with van der Waals surface area (Å²) in [6, 6.07) is 4.70. The molecule has 0 spiro atoms. The normalized spacial score (nSPS) is 10.5. The Kier molecular flexibility index (Phi) is 2.00. The highest BCUT2D eigenvalue weighted by Crippen LogP contribution is 2.27. The molecule has 76 valence electrons. The standard InChI is InChI=1S/C10H8N2O3/c1-11-5-7(6-13)8-3-2-4-9(10(8)11)12(14)15/h2-6H,1H3. The van der Waals surface area contributed by atoms with Crippen LogP contribution in [-0.4, -0.2) is 15.8 Å². The number of nitro groups is 1. The van der Waals surface area contributed by atoms with E-state index in [0.29, 0.717) is 22.8 Å². The molecule has 0 aliphatic heterocycles. The summed E-state index contributed by atoms with van der Waals surface area (Å²) >= 11 is 0. The number of carbonyl (C=O) groups is 1. The summed E-state index contributed by atoms with van der Waals surface area (Å²) in [5.74, 6) is 0. The number of aryl methyl sites for hydroxylation is 1. The Bertz CT molecular complexity index is 557. The van der Waals surface area contributed by atoms with E-state index in [1.165, 1.54) is 6.07 Å². The molecule has 0 saturated heterocycles. The number of carbonyl (C=O) groups excluding carboxylic acids is 1. The fraction of sp³-hybridized carbons (Fsp3) is 0.100. The first-order valence-corrected chi connectivity index (χ1v) is 4.32. The molecule has 0 aliphatic rings. The van der Waals surface area contributed by atoms with Gasteiger partial charge < -0.3 is 4.57 Å². The Morgan fingerprint density at radius 3 is 2.80 bits per heavy atom. The van der Waals surface area contributed by atoms with Crippen LogP contribution in [-0.2, 0) is 7.05 Å². The SMILES string of the molecule is Cn1cc(C=O)c2cccc([N+](=O)[O-])c21. The number of aldehydes is 1. The molecule has 1 aromatic heterocycles. The predicted octanol–water partition coefficient (Wildman–Crippen LogP) is 1.90. The summed E-state index contributed by atoms with van der Waals surface area (Å²) in [6.07, 6.45) is 2.29. The van der Waals surface area contributed by atoms with Crippen molar-refractivity contribution in [3.05, 3.63) is 40.1 Å². The Labute approximate surface area is 85.1 Å². The van der Waals surface area contributed by atoms with E-state index in [0.717, 1.165) is 0 Å². The Morgan fingerprint density at radius 2 is 2.20 bits per heavy atom. The molecule has 0 bridgehead atoms. The highest BCUT2D eigenvalue weighted by Gasteiger charge is 2.16. The van der Waals surface area contributed by atoms with Gasteiger partial charge in [-0.25, -0.2) is 0 Å². The summed E-state index contributed by atoms with van der Waals surface area (Å²) in [4.78, 5) is 21.1. The molecule has 15 heavy (non-hydrogen) atoms. The zero-order valence-electron chi connectivity index (χ0n) is 8.01. The monoisotopic (exact) mass is 204 g/mol. The highest BCUT2D eigenvalue weighted by molar-refractivity contribution is 6.01. The Morgan fingerprint density at radius 1 is 1.47 bits per heavy atom. The lowest BCUT2D eigenvalue weighted by atomic mass is 10.2. The van der Waals surface area contributed by atoms with E-state index in [2.05, 4.69) is 0 Å². The van der Waals surface area contributed by atoms with Gasteiger partial charge in [-0.15, -0.1) is 0 Å². The van der Waals surface area contributed by atoms with Crippen molar-refractivity contribution in [2.75, 3.05) is 0 Å². The van der Waals surface area contributed by atoms with Gasteiger partial charge in [0.05, 0.1) is 4.92 Å². The van der Waals surface area contributed by atoms with Crippen LogP contribution in [0, 0.1) is 10.1 Å². The molecule has 0 amide bonds. The van der Waals surface area contributed by atoms with Gasteiger partial charge in [0.1, 0.15) is 5.52 Å². The molecule has 0 fully saturated rings. The van der Waals surface area contributed by atoms with Gasteiger partial charge in [0.2, 0.25) is 0 Å². The number of benzene rings is 1. The van der Waals surface area contributed by atoms with Gasteiger partial charge in [0.25, 0.3) is 5.69 Å². The van der Waals surface area contributed by atoms with Crippen molar-refractivity contribution in [1.82, 2.24) is 4.57 Å². The van der Waals surface area contributed by atoms with Crippen LogP contribution in [0.5, 0.6) is 0 Å². The summed E-state index contributed by atoms with van der Waals surface area (Å²) in [7, 11) is 1.68. The molecule has 0 N–H and O–H groups in total. The first kappa shape index (κ1) is 9.39. The average Bonchev–Trinajstić information content (AvgIpc) is 2.55. The lowest BCUT2D eigenvalue weighted by Gasteiger charge is -1.97. The van der Waals surface area contributed by atoms with Crippen LogP contribution in [0.25, 0.3) is 10.9 Å². The number of non-ortho nitro benzene ring substituents is 1. The van der Waals surface area contributed by atoms with E-state index in [9.17, 15) is 14.9 Å². The van der Waals surface area contributed by atoms with E-state index in [1.54, 1.807) is 29.9 Å². The third kappa shape index (κ3) is 1.28. The van der Waals surface area contributed by atoms with Crippen LogP contribution in [0.3, 0.4) is 0 Å². The van der Waals surface area contributed by atoms with Crippen LogP contribution in [0.2, 0.25) is 0 Å². The molecular weight excluding hydrogens is 196 g/mol. The van der Waals surface area contributed by atoms with E-state index < -0.39 is 4.92 Å². The Balaban J connectivity index is 2.92. The minimum Gasteiger partial charge on any atom is -0.344 e. The third-order valence-electron chi connectivity index (χ3n) is 2.33. The van der Waals surface area contributed by atoms with Gasteiger partial charge in [-0.05, 0) is 0 Å². The van der Waals surface area contributed by atoms with Crippen LogP contribution < -0.4 is 0 Å². The molecule has 2 rings (SSSR count). The van der Waals surface area contributed by atoms with E-state index in [-0.39, 0.29) is 5.69 Å². The molecule has 0 aliphatic carbocycles.